The maximum Gasteiger partial charge on any atom is 0.322 e. The average Bonchev–Trinajstić information content (AvgIpc) is 2.67. The number of anilines is 3. The van der Waals surface area contributed by atoms with Crippen molar-refractivity contribution in [2.45, 2.75) is 19.5 Å². The molecule has 0 saturated carbocycles. The lowest BCUT2D eigenvalue weighted by Gasteiger charge is -2.52. The first kappa shape index (κ1) is 18.8. The summed E-state index contributed by atoms with van der Waals surface area (Å²) >= 11 is 0. The Morgan fingerprint density at radius 1 is 1.10 bits per heavy atom. The van der Waals surface area contributed by atoms with Crippen molar-refractivity contribution in [3.8, 4) is 0 Å². The van der Waals surface area contributed by atoms with Crippen molar-refractivity contribution in [2.24, 2.45) is 0 Å². The van der Waals surface area contributed by atoms with Crippen molar-refractivity contribution in [1.29, 1.82) is 0 Å². The van der Waals surface area contributed by atoms with Crippen LogP contribution in [0, 0.1) is 0 Å². The molecule has 1 fully saturated rings. The zero-order chi connectivity index (χ0) is 20.6. The van der Waals surface area contributed by atoms with Crippen molar-refractivity contribution >= 4 is 34.9 Å². The number of para-hydroxylation sites is 1. The van der Waals surface area contributed by atoms with Crippen molar-refractivity contribution in [3.63, 3.8) is 0 Å². The van der Waals surface area contributed by atoms with Gasteiger partial charge >= 0.3 is 6.03 Å². The Balaban J connectivity index is 1.37. The number of hydrogen-bond donors (Lipinski definition) is 3. The fraction of sp³-hybridized carbons (Fsp3) is 0.286. The number of hydrogen-bond acceptors (Lipinski definition) is 4. The number of nitrogens with one attached hydrogen (secondary N) is 3. The largest absolute Gasteiger partial charge is 0.359 e. The molecule has 3 N–H and O–H groups in total. The van der Waals surface area contributed by atoms with E-state index in [2.05, 4.69) is 16.0 Å². The van der Waals surface area contributed by atoms with Crippen LogP contribution in [0.3, 0.4) is 0 Å². The van der Waals surface area contributed by atoms with Crippen molar-refractivity contribution in [1.82, 2.24) is 10.2 Å². The molecule has 4 rings (SSSR count). The van der Waals surface area contributed by atoms with Gasteiger partial charge < -0.3 is 25.8 Å². The van der Waals surface area contributed by atoms with Gasteiger partial charge in [0.1, 0.15) is 5.66 Å². The summed E-state index contributed by atoms with van der Waals surface area (Å²) in [6, 6.07) is 14.2. The van der Waals surface area contributed by atoms with Crippen LogP contribution in [0.15, 0.2) is 48.5 Å². The van der Waals surface area contributed by atoms with E-state index < -0.39 is 5.66 Å². The van der Waals surface area contributed by atoms with Crippen LogP contribution in [0.1, 0.15) is 24.2 Å². The second-order valence-corrected chi connectivity index (χ2v) is 7.30. The summed E-state index contributed by atoms with van der Waals surface area (Å²) in [5.41, 5.74) is 2.18. The number of nitrogens with zero attached hydrogens (tertiary/aromatic N) is 2. The van der Waals surface area contributed by atoms with Gasteiger partial charge in [-0.25, -0.2) is 4.79 Å². The van der Waals surface area contributed by atoms with Crippen molar-refractivity contribution in [3.05, 3.63) is 54.1 Å². The topological polar surface area (TPSA) is 93.8 Å². The van der Waals surface area contributed by atoms with Crippen LogP contribution in [0.5, 0.6) is 0 Å². The summed E-state index contributed by atoms with van der Waals surface area (Å²) in [6.45, 7) is 4.75. The van der Waals surface area contributed by atoms with Crippen LogP contribution < -0.4 is 20.9 Å². The Hall–Kier alpha value is -3.55. The molecular weight excluding hydrogens is 370 g/mol. The molecule has 0 bridgehead atoms. The number of carbonyl (C=O) groups is 3. The number of rotatable bonds is 3. The molecule has 29 heavy (non-hydrogen) atoms. The number of likely N-dealkylation sites (tertiary alicyclic amines) is 1. The first-order chi connectivity index (χ1) is 13.9. The molecule has 0 aromatic heterocycles. The van der Waals surface area contributed by atoms with E-state index in [4.69, 9.17) is 0 Å². The van der Waals surface area contributed by atoms with Gasteiger partial charge in [-0.2, -0.15) is 0 Å². The Labute approximate surface area is 168 Å². The SMILES string of the molecule is CCN(C(C)=O)c1ccc(NC(=O)N2CC3(C2)NC(=O)c2ccccc2N3)cc1. The van der Waals surface area contributed by atoms with E-state index in [0.29, 0.717) is 30.9 Å². The monoisotopic (exact) mass is 393 g/mol. The zero-order valence-electron chi connectivity index (χ0n) is 16.4. The molecular formula is C21H23N5O3. The van der Waals surface area contributed by atoms with Crippen molar-refractivity contribution in [2.75, 3.05) is 35.2 Å². The standard InChI is InChI=1S/C21H23N5O3/c1-3-26(14(2)27)16-10-8-15(9-11-16)22-20(29)25-12-21(13-25)23-18-7-5-4-6-17(18)19(28)24-21/h4-11,23H,3,12-13H2,1-2H3,(H,22,29)(H,24,28). The minimum Gasteiger partial charge on any atom is -0.359 e. The molecule has 2 aliphatic heterocycles. The Morgan fingerprint density at radius 3 is 2.45 bits per heavy atom. The molecule has 2 heterocycles. The van der Waals surface area contributed by atoms with Gasteiger partial charge in [0.05, 0.1) is 18.7 Å². The van der Waals surface area contributed by atoms with Crippen LogP contribution in [-0.4, -0.2) is 48.0 Å². The number of urea groups is 1. The summed E-state index contributed by atoms with van der Waals surface area (Å²) in [4.78, 5) is 39.8. The van der Waals surface area contributed by atoms with Gasteiger partial charge in [0.2, 0.25) is 5.91 Å². The maximum atomic E-state index is 12.5. The molecule has 4 amide bonds. The maximum absolute atomic E-state index is 12.5. The Morgan fingerprint density at radius 2 is 1.79 bits per heavy atom. The molecule has 2 aliphatic rings. The average molecular weight is 393 g/mol. The number of carbonyl (C=O) groups excluding carboxylic acids is 3. The highest BCUT2D eigenvalue weighted by Crippen LogP contribution is 2.31. The summed E-state index contributed by atoms with van der Waals surface area (Å²) in [5.74, 6) is -0.167. The number of amides is 4. The van der Waals surface area contributed by atoms with E-state index >= 15 is 0 Å². The van der Waals surface area contributed by atoms with E-state index in [0.717, 1.165) is 11.4 Å². The van der Waals surface area contributed by atoms with E-state index in [9.17, 15) is 14.4 Å². The summed E-state index contributed by atoms with van der Waals surface area (Å²) < 4.78 is 0. The molecule has 1 spiro atoms. The predicted molar refractivity (Wildman–Crippen MR) is 111 cm³/mol. The minimum atomic E-state index is -0.629. The van der Waals surface area contributed by atoms with Gasteiger partial charge in [-0.3, -0.25) is 9.59 Å². The lowest BCUT2D eigenvalue weighted by Crippen LogP contribution is -2.76. The number of benzene rings is 2. The molecule has 2 aromatic rings. The van der Waals surface area contributed by atoms with Gasteiger partial charge in [-0.1, -0.05) is 12.1 Å². The third-order valence-electron chi connectivity index (χ3n) is 5.23. The molecule has 0 atom stereocenters. The van der Waals surface area contributed by atoms with Crippen LogP contribution in [0.4, 0.5) is 21.9 Å². The fourth-order valence-electron chi connectivity index (χ4n) is 3.79. The van der Waals surface area contributed by atoms with Crippen LogP contribution in [0.2, 0.25) is 0 Å². The minimum absolute atomic E-state index is 0.0289. The first-order valence-corrected chi connectivity index (χ1v) is 9.54. The lowest BCUT2D eigenvalue weighted by molar-refractivity contribution is -0.116. The van der Waals surface area contributed by atoms with Crippen molar-refractivity contribution < 1.29 is 14.4 Å². The molecule has 2 aromatic carbocycles. The first-order valence-electron chi connectivity index (χ1n) is 9.54. The molecule has 0 aliphatic carbocycles. The highest BCUT2D eigenvalue weighted by atomic mass is 16.2. The highest BCUT2D eigenvalue weighted by molar-refractivity contribution is 6.02. The fourth-order valence-corrected chi connectivity index (χ4v) is 3.79. The highest BCUT2D eigenvalue weighted by Gasteiger charge is 2.49. The van der Waals surface area contributed by atoms with E-state index in [1.165, 1.54) is 6.92 Å². The normalized spacial score (nSPS) is 16.2. The molecule has 8 heteroatoms. The Kier molecular flexibility index (Phi) is 4.62. The smallest absolute Gasteiger partial charge is 0.322 e. The Bertz CT molecular complexity index is 967. The van der Waals surface area contributed by atoms with Crippen LogP contribution in [0.25, 0.3) is 0 Å². The molecule has 0 radical (unpaired) electrons. The second-order valence-electron chi connectivity index (χ2n) is 7.30. The van der Waals surface area contributed by atoms with Gasteiger partial charge in [-0.15, -0.1) is 0 Å². The van der Waals surface area contributed by atoms with Gasteiger partial charge in [0, 0.05) is 30.5 Å². The van der Waals surface area contributed by atoms with E-state index in [-0.39, 0.29) is 17.8 Å². The second kappa shape index (κ2) is 7.12. The summed E-state index contributed by atoms with van der Waals surface area (Å²) in [7, 11) is 0. The van der Waals surface area contributed by atoms with Gasteiger partial charge in [0.25, 0.3) is 5.91 Å². The third-order valence-corrected chi connectivity index (χ3v) is 5.23. The van der Waals surface area contributed by atoms with Gasteiger partial charge in [-0.05, 0) is 43.3 Å². The third kappa shape index (κ3) is 3.49. The molecule has 0 unspecified atom stereocenters. The summed E-state index contributed by atoms with van der Waals surface area (Å²) in [5, 5.41) is 9.15. The zero-order valence-corrected chi connectivity index (χ0v) is 16.4. The number of fused-ring (bicyclic) bond motifs is 1. The predicted octanol–water partition coefficient (Wildman–Crippen LogP) is 2.46. The molecule has 8 nitrogen and oxygen atoms in total. The van der Waals surface area contributed by atoms with Crippen LogP contribution >= 0.6 is 0 Å². The summed E-state index contributed by atoms with van der Waals surface area (Å²) in [6.07, 6.45) is 0. The van der Waals surface area contributed by atoms with E-state index in [1.807, 2.05) is 25.1 Å². The molecule has 1 saturated heterocycles. The quantitative estimate of drug-likeness (QED) is 0.747. The van der Waals surface area contributed by atoms with Gasteiger partial charge in [0.15, 0.2) is 0 Å². The van der Waals surface area contributed by atoms with Crippen LogP contribution in [-0.2, 0) is 4.79 Å². The van der Waals surface area contributed by atoms with E-state index in [1.54, 1.807) is 40.1 Å². The molecule has 150 valence electrons. The lowest BCUT2D eigenvalue weighted by atomic mass is 9.95.